The van der Waals surface area contributed by atoms with Crippen LogP contribution < -0.4 is 10.0 Å². The van der Waals surface area contributed by atoms with Crippen molar-refractivity contribution in [1.82, 2.24) is 10.0 Å². The Balaban J connectivity index is 1.72. The van der Waals surface area contributed by atoms with Gasteiger partial charge in [-0.05, 0) is 54.7 Å². The Hall–Kier alpha value is -2.46. The molecule has 0 aliphatic heterocycles. The number of carbonyl (C=O) groups excluding carboxylic acids is 1. The quantitative estimate of drug-likeness (QED) is 0.661. The highest BCUT2D eigenvalue weighted by Gasteiger charge is 2.33. The number of sulfonamides is 1. The molecule has 156 valence electrons. The summed E-state index contributed by atoms with van der Waals surface area (Å²) in [5, 5.41) is 2.31. The SMILES string of the molecule is O=C(NCc1ccc(F)cc1C(F)(F)F)c1cccc(S(=O)(=O)NCC2CC2)c1. The molecule has 0 spiro atoms. The van der Waals surface area contributed by atoms with Gasteiger partial charge < -0.3 is 5.32 Å². The molecule has 1 fully saturated rings. The van der Waals surface area contributed by atoms with Gasteiger partial charge in [0.1, 0.15) is 5.82 Å². The zero-order valence-corrected chi connectivity index (χ0v) is 15.9. The molecule has 0 aromatic heterocycles. The highest BCUT2D eigenvalue weighted by atomic mass is 32.2. The number of alkyl halides is 3. The normalized spacial score (nSPS) is 14.6. The first-order valence-corrected chi connectivity index (χ1v) is 10.3. The summed E-state index contributed by atoms with van der Waals surface area (Å²) in [6.45, 7) is -0.172. The van der Waals surface area contributed by atoms with Crippen LogP contribution in [0.3, 0.4) is 0 Å². The Labute approximate surface area is 165 Å². The van der Waals surface area contributed by atoms with Gasteiger partial charge in [0.05, 0.1) is 10.5 Å². The summed E-state index contributed by atoms with van der Waals surface area (Å²) in [5.41, 5.74) is -1.50. The lowest BCUT2D eigenvalue weighted by atomic mass is 10.1. The Morgan fingerprint density at radius 3 is 2.48 bits per heavy atom. The first kappa shape index (κ1) is 21.3. The number of hydrogen-bond acceptors (Lipinski definition) is 3. The van der Waals surface area contributed by atoms with Crippen LogP contribution in [0.1, 0.15) is 34.3 Å². The monoisotopic (exact) mass is 430 g/mol. The zero-order chi connectivity index (χ0) is 21.2. The molecule has 2 aromatic carbocycles. The van der Waals surface area contributed by atoms with E-state index in [0.29, 0.717) is 18.5 Å². The first-order valence-electron chi connectivity index (χ1n) is 8.80. The molecule has 0 atom stereocenters. The molecule has 2 N–H and O–H groups in total. The number of amides is 1. The minimum atomic E-state index is -4.77. The van der Waals surface area contributed by atoms with Crippen molar-refractivity contribution in [3.05, 3.63) is 65.0 Å². The number of carbonyl (C=O) groups is 1. The van der Waals surface area contributed by atoms with Gasteiger partial charge in [-0.25, -0.2) is 17.5 Å². The van der Waals surface area contributed by atoms with Gasteiger partial charge in [0.15, 0.2) is 0 Å². The number of halogens is 4. The van der Waals surface area contributed by atoms with Crippen molar-refractivity contribution in [3.63, 3.8) is 0 Å². The van der Waals surface area contributed by atoms with Gasteiger partial charge in [-0.2, -0.15) is 13.2 Å². The van der Waals surface area contributed by atoms with Crippen LogP contribution in [0.5, 0.6) is 0 Å². The van der Waals surface area contributed by atoms with Gasteiger partial charge >= 0.3 is 6.18 Å². The van der Waals surface area contributed by atoms with Crippen LogP contribution in [-0.4, -0.2) is 20.9 Å². The molecule has 1 aliphatic rings. The van der Waals surface area contributed by atoms with Crippen molar-refractivity contribution in [2.24, 2.45) is 5.92 Å². The molecule has 1 saturated carbocycles. The maximum atomic E-state index is 13.2. The van der Waals surface area contributed by atoms with Crippen LogP contribution >= 0.6 is 0 Å². The second-order valence-corrected chi connectivity index (χ2v) is 8.57. The van der Waals surface area contributed by atoms with E-state index in [-0.39, 0.29) is 16.0 Å². The third kappa shape index (κ3) is 5.54. The van der Waals surface area contributed by atoms with Gasteiger partial charge in [0, 0.05) is 18.7 Å². The Morgan fingerprint density at radius 2 is 1.83 bits per heavy atom. The van der Waals surface area contributed by atoms with E-state index in [4.69, 9.17) is 0 Å². The summed E-state index contributed by atoms with van der Waals surface area (Å²) in [5.74, 6) is -1.46. The number of benzene rings is 2. The van der Waals surface area contributed by atoms with Crippen LogP contribution in [-0.2, 0) is 22.7 Å². The number of nitrogens with one attached hydrogen (secondary N) is 2. The van der Waals surface area contributed by atoms with E-state index in [1.807, 2.05) is 0 Å². The number of hydrogen-bond donors (Lipinski definition) is 2. The fourth-order valence-electron chi connectivity index (χ4n) is 2.68. The predicted molar refractivity (Wildman–Crippen MR) is 96.9 cm³/mol. The fourth-order valence-corrected chi connectivity index (χ4v) is 3.84. The van der Waals surface area contributed by atoms with Crippen molar-refractivity contribution in [3.8, 4) is 0 Å². The van der Waals surface area contributed by atoms with Crippen molar-refractivity contribution in [2.45, 2.75) is 30.5 Å². The molecular weight excluding hydrogens is 412 g/mol. The molecule has 0 saturated heterocycles. The van der Waals surface area contributed by atoms with Gasteiger partial charge in [0.25, 0.3) is 5.91 Å². The third-order valence-corrected chi connectivity index (χ3v) is 5.90. The van der Waals surface area contributed by atoms with E-state index in [1.165, 1.54) is 18.2 Å². The van der Waals surface area contributed by atoms with Crippen molar-refractivity contribution in [1.29, 1.82) is 0 Å². The van der Waals surface area contributed by atoms with Crippen molar-refractivity contribution >= 4 is 15.9 Å². The first-order chi connectivity index (χ1) is 13.6. The largest absolute Gasteiger partial charge is 0.416 e. The Morgan fingerprint density at radius 1 is 1.10 bits per heavy atom. The summed E-state index contributed by atoms with van der Waals surface area (Å²) in [6.07, 6.45) is -2.84. The fraction of sp³-hybridized carbons (Fsp3) is 0.316. The van der Waals surface area contributed by atoms with Crippen LogP contribution in [0.25, 0.3) is 0 Å². The third-order valence-electron chi connectivity index (χ3n) is 4.48. The summed E-state index contributed by atoms with van der Waals surface area (Å²) >= 11 is 0. The molecule has 0 unspecified atom stereocenters. The maximum Gasteiger partial charge on any atom is 0.416 e. The minimum Gasteiger partial charge on any atom is -0.348 e. The lowest BCUT2D eigenvalue weighted by Gasteiger charge is -2.14. The standard InChI is InChI=1S/C19H18F4N2O3S/c20-15-7-6-14(17(9-15)19(21,22)23)11-24-18(26)13-2-1-3-16(8-13)29(27,28)25-10-12-4-5-12/h1-3,6-9,12,25H,4-5,10-11H2,(H,24,26). The van der Waals surface area contributed by atoms with E-state index < -0.39 is 40.0 Å². The predicted octanol–water partition coefficient (Wildman–Crippen LogP) is 3.46. The molecule has 5 nitrogen and oxygen atoms in total. The van der Waals surface area contributed by atoms with Gasteiger partial charge in [-0.15, -0.1) is 0 Å². The molecule has 3 rings (SSSR count). The summed E-state index contributed by atoms with van der Waals surface area (Å²) in [6, 6.07) is 7.38. The minimum absolute atomic E-state index is 0.0185. The van der Waals surface area contributed by atoms with E-state index in [2.05, 4.69) is 10.0 Å². The average molecular weight is 430 g/mol. The lowest BCUT2D eigenvalue weighted by molar-refractivity contribution is -0.138. The van der Waals surface area contributed by atoms with E-state index in [0.717, 1.165) is 31.0 Å². The van der Waals surface area contributed by atoms with Crippen LogP contribution in [0.15, 0.2) is 47.4 Å². The summed E-state index contributed by atoms with van der Waals surface area (Å²) in [4.78, 5) is 12.2. The lowest BCUT2D eigenvalue weighted by Crippen LogP contribution is -2.27. The molecule has 10 heteroatoms. The van der Waals surface area contributed by atoms with E-state index in [9.17, 15) is 30.8 Å². The molecule has 1 aliphatic carbocycles. The molecule has 29 heavy (non-hydrogen) atoms. The Kier molecular flexibility index (Phi) is 5.95. The molecule has 0 bridgehead atoms. The number of rotatable bonds is 7. The van der Waals surface area contributed by atoms with Gasteiger partial charge in [0.2, 0.25) is 10.0 Å². The van der Waals surface area contributed by atoms with Crippen LogP contribution in [0, 0.1) is 11.7 Å². The van der Waals surface area contributed by atoms with E-state index in [1.54, 1.807) is 0 Å². The Bertz CT molecular complexity index is 1020. The molecule has 1 amide bonds. The van der Waals surface area contributed by atoms with Crippen LogP contribution in [0.4, 0.5) is 17.6 Å². The maximum absolute atomic E-state index is 13.2. The molecular formula is C19H18F4N2O3S. The van der Waals surface area contributed by atoms with Crippen molar-refractivity contribution < 1.29 is 30.8 Å². The molecule has 0 radical (unpaired) electrons. The van der Waals surface area contributed by atoms with Gasteiger partial charge in [-0.3, -0.25) is 4.79 Å². The second kappa shape index (κ2) is 8.11. The van der Waals surface area contributed by atoms with Crippen molar-refractivity contribution in [2.75, 3.05) is 6.54 Å². The zero-order valence-electron chi connectivity index (χ0n) is 15.1. The summed E-state index contributed by atoms with van der Waals surface area (Å²) < 4.78 is 79.4. The molecule has 2 aromatic rings. The van der Waals surface area contributed by atoms with Gasteiger partial charge in [-0.1, -0.05) is 12.1 Å². The highest BCUT2D eigenvalue weighted by molar-refractivity contribution is 7.89. The van der Waals surface area contributed by atoms with Crippen LogP contribution in [0.2, 0.25) is 0 Å². The average Bonchev–Trinajstić information content (AvgIpc) is 3.49. The second-order valence-electron chi connectivity index (χ2n) is 6.81. The topological polar surface area (TPSA) is 75.3 Å². The smallest absolute Gasteiger partial charge is 0.348 e. The summed E-state index contributed by atoms with van der Waals surface area (Å²) in [7, 11) is -3.79. The van der Waals surface area contributed by atoms with E-state index >= 15 is 0 Å². The highest BCUT2D eigenvalue weighted by Crippen LogP contribution is 2.32. The molecule has 0 heterocycles.